The molecule has 6 nitrogen and oxygen atoms in total. The number of hydrogen-bond acceptors (Lipinski definition) is 3. The maximum atomic E-state index is 12.9. The standard InChI is InChI=1S/C23H25N3O3/c1-16-15-20(17(2)26(16)19-7-4-3-5-8-19)22(27)24-18-10-12-25(13-11-18)23(28)21-9-6-14-29-21/h3-9,14-15,18H,10-13H2,1-2H3,(H,24,27). The van der Waals surface area contributed by atoms with Crippen LogP contribution in [0.25, 0.3) is 5.69 Å². The molecule has 1 fully saturated rings. The summed E-state index contributed by atoms with van der Waals surface area (Å²) in [5, 5.41) is 3.15. The molecule has 0 unspecified atom stereocenters. The van der Waals surface area contributed by atoms with Crippen LogP contribution in [0.2, 0.25) is 0 Å². The number of carbonyl (C=O) groups is 2. The van der Waals surface area contributed by atoms with Crippen LogP contribution in [0.4, 0.5) is 0 Å². The first kappa shape index (κ1) is 19.1. The molecule has 2 aromatic heterocycles. The largest absolute Gasteiger partial charge is 0.459 e. The lowest BCUT2D eigenvalue weighted by Gasteiger charge is -2.31. The number of nitrogens with zero attached hydrogens (tertiary/aromatic N) is 2. The van der Waals surface area contributed by atoms with Crippen LogP contribution in [0.15, 0.2) is 59.2 Å². The van der Waals surface area contributed by atoms with Gasteiger partial charge >= 0.3 is 0 Å². The third-order valence-electron chi connectivity index (χ3n) is 5.54. The van der Waals surface area contributed by atoms with Crippen molar-refractivity contribution in [1.29, 1.82) is 0 Å². The molecule has 0 radical (unpaired) electrons. The molecule has 1 saturated heterocycles. The van der Waals surface area contributed by atoms with Crippen LogP contribution in [0.1, 0.15) is 45.1 Å². The lowest BCUT2D eigenvalue weighted by Crippen LogP contribution is -2.46. The van der Waals surface area contributed by atoms with Gasteiger partial charge < -0.3 is 19.2 Å². The van der Waals surface area contributed by atoms with E-state index in [0.717, 1.165) is 29.9 Å². The van der Waals surface area contributed by atoms with Crippen LogP contribution < -0.4 is 5.32 Å². The minimum Gasteiger partial charge on any atom is -0.459 e. The molecule has 1 aromatic carbocycles. The van der Waals surface area contributed by atoms with Crippen LogP contribution in [-0.2, 0) is 0 Å². The molecule has 150 valence electrons. The first-order valence-electron chi connectivity index (χ1n) is 9.92. The van der Waals surface area contributed by atoms with Crippen LogP contribution in [-0.4, -0.2) is 40.4 Å². The monoisotopic (exact) mass is 391 g/mol. The summed E-state index contributed by atoms with van der Waals surface area (Å²) in [6.45, 7) is 5.19. The summed E-state index contributed by atoms with van der Waals surface area (Å²) in [5.74, 6) is 0.211. The van der Waals surface area contributed by atoms with E-state index in [2.05, 4.69) is 9.88 Å². The molecule has 1 aliphatic heterocycles. The summed E-state index contributed by atoms with van der Waals surface area (Å²) in [5.41, 5.74) is 3.70. The summed E-state index contributed by atoms with van der Waals surface area (Å²) in [6, 6.07) is 15.4. The molecule has 3 heterocycles. The Labute approximate surface area is 170 Å². The Morgan fingerprint density at radius 2 is 1.76 bits per heavy atom. The van der Waals surface area contributed by atoms with Crippen molar-refractivity contribution in [2.75, 3.05) is 13.1 Å². The number of furan rings is 1. The zero-order valence-electron chi connectivity index (χ0n) is 16.7. The summed E-state index contributed by atoms with van der Waals surface area (Å²) < 4.78 is 7.29. The van der Waals surface area contributed by atoms with Crippen LogP contribution >= 0.6 is 0 Å². The zero-order chi connectivity index (χ0) is 20.4. The van der Waals surface area contributed by atoms with Crippen LogP contribution in [0, 0.1) is 13.8 Å². The van der Waals surface area contributed by atoms with Crippen molar-refractivity contribution in [3.63, 3.8) is 0 Å². The molecular weight excluding hydrogens is 366 g/mol. The summed E-state index contributed by atoms with van der Waals surface area (Å²) in [6.07, 6.45) is 2.97. The van der Waals surface area contributed by atoms with Gasteiger partial charge in [-0.15, -0.1) is 0 Å². The van der Waals surface area contributed by atoms with E-state index in [1.807, 2.05) is 50.2 Å². The van der Waals surface area contributed by atoms with E-state index in [0.29, 0.717) is 24.4 Å². The molecule has 29 heavy (non-hydrogen) atoms. The maximum absolute atomic E-state index is 12.9. The fourth-order valence-electron chi connectivity index (χ4n) is 4.01. The number of carbonyl (C=O) groups excluding carboxylic acids is 2. The number of amides is 2. The summed E-state index contributed by atoms with van der Waals surface area (Å²) in [4.78, 5) is 27.1. The molecule has 1 aliphatic rings. The van der Waals surface area contributed by atoms with E-state index < -0.39 is 0 Å². The van der Waals surface area contributed by atoms with Crippen LogP contribution in [0.5, 0.6) is 0 Å². The minimum atomic E-state index is -0.0915. The van der Waals surface area contributed by atoms with Gasteiger partial charge in [-0.1, -0.05) is 18.2 Å². The Hall–Kier alpha value is -3.28. The Kier molecular flexibility index (Phi) is 5.25. The highest BCUT2D eigenvalue weighted by Gasteiger charge is 2.27. The van der Waals surface area contributed by atoms with Gasteiger partial charge in [-0.3, -0.25) is 9.59 Å². The number of hydrogen-bond donors (Lipinski definition) is 1. The number of rotatable bonds is 4. The van der Waals surface area contributed by atoms with Crippen molar-refractivity contribution in [3.8, 4) is 5.69 Å². The van der Waals surface area contributed by atoms with E-state index >= 15 is 0 Å². The van der Waals surface area contributed by atoms with E-state index in [9.17, 15) is 9.59 Å². The predicted octanol–water partition coefficient (Wildman–Crippen LogP) is 3.72. The van der Waals surface area contributed by atoms with Crippen molar-refractivity contribution in [3.05, 3.63) is 77.5 Å². The van der Waals surface area contributed by atoms with E-state index in [-0.39, 0.29) is 17.9 Å². The lowest BCUT2D eigenvalue weighted by atomic mass is 10.0. The van der Waals surface area contributed by atoms with Gasteiger partial charge in [-0.05, 0) is 57.0 Å². The van der Waals surface area contributed by atoms with Gasteiger partial charge in [0.15, 0.2) is 5.76 Å². The predicted molar refractivity (Wildman–Crippen MR) is 110 cm³/mol. The quantitative estimate of drug-likeness (QED) is 0.737. The highest BCUT2D eigenvalue weighted by atomic mass is 16.3. The normalized spacial score (nSPS) is 14.8. The molecule has 0 saturated carbocycles. The van der Waals surface area contributed by atoms with E-state index in [1.54, 1.807) is 17.0 Å². The Morgan fingerprint density at radius 1 is 1.03 bits per heavy atom. The van der Waals surface area contributed by atoms with Crippen molar-refractivity contribution in [1.82, 2.24) is 14.8 Å². The van der Waals surface area contributed by atoms with E-state index in [1.165, 1.54) is 6.26 Å². The number of aryl methyl sites for hydroxylation is 1. The summed E-state index contributed by atoms with van der Waals surface area (Å²) >= 11 is 0. The number of piperidine rings is 1. The smallest absolute Gasteiger partial charge is 0.289 e. The maximum Gasteiger partial charge on any atom is 0.289 e. The SMILES string of the molecule is Cc1cc(C(=O)NC2CCN(C(=O)c3ccco3)CC2)c(C)n1-c1ccccc1. The third kappa shape index (κ3) is 3.83. The van der Waals surface area contributed by atoms with Gasteiger partial charge in [-0.25, -0.2) is 0 Å². The average molecular weight is 391 g/mol. The molecule has 2 amide bonds. The number of benzene rings is 1. The highest BCUT2D eigenvalue weighted by Crippen LogP contribution is 2.21. The molecule has 0 aliphatic carbocycles. The van der Waals surface area contributed by atoms with Crippen LogP contribution in [0.3, 0.4) is 0 Å². The second-order valence-corrected chi connectivity index (χ2v) is 7.47. The topological polar surface area (TPSA) is 67.5 Å². The molecule has 0 spiro atoms. The molecule has 3 aromatic rings. The van der Waals surface area contributed by atoms with Gasteiger partial charge in [-0.2, -0.15) is 0 Å². The Balaban J connectivity index is 1.40. The molecule has 0 bridgehead atoms. The Bertz CT molecular complexity index is 998. The van der Waals surface area contributed by atoms with Crippen molar-refractivity contribution in [2.24, 2.45) is 0 Å². The Morgan fingerprint density at radius 3 is 2.41 bits per heavy atom. The van der Waals surface area contributed by atoms with Gasteiger partial charge in [0.05, 0.1) is 11.8 Å². The fourth-order valence-corrected chi connectivity index (χ4v) is 4.01. The van der Waals surface area contributed by atoms with Gasteiger partial charge in [0.25, 0.3) is 11.8 Å². The van der Waals surface area contributed by atoms with Crippen molar-refractivity contribution in [2.45, 2.75) is 32.7 Å². The minimum absolute atomic E-state index is 0.0583. The van der Waals surface area contributed by atoms with Gasteiger partial charge in [0.2, 0.25) is 0 Å². The molecule has 6 heteroatoms. The number of aromatic nitrogens is 1. The third-order valence-corrected chi connectivity index (χ3v) is 5.54. The first-order chi connectivity index (χ1) is 14.0. The zero-order valence-corrected chi connectivity index (χ0v) is 16.7. The first-order valence-corrected chi connectivity index (χ1v) is 9.92. The fraction of sp³-hybridized carbons (Fsp3) is 0.304. The molecular formula is C23H25N3O3. The second kappa shape index (κ2) is 7.99. The molecule has 1 N–H and O–H groups in total. The highest BCUT2D eigenvalue weighted by molar-refractivity contribution is 5.96. The van der Waals surface area contributed by atoms with Gasteiger partial charge in [0, 0.05) is 36.2 Å². The molecule has 4 rings (SSSR count). The van der Waals surface area contributed by atoms with Crippen molar-refractivity contribution < 1.29 is 14.0 Å². The average Bonchev–Trinajstić information content (AvgIpc) is 3.37. The number of likely N-dealkylation sites (tertiary alicyclic amines) is 1. The molecule has 0 atom stereocenters. The summed E-state index contributed by atoms with van der Waals surface area (Å²) in [7, 11) is 0. The second-order valence-electron chi connectivity index (χ2n) is 7.47. The van der Waals surface area contributed by atoms with Crippen molar-refractivity contribution >= 4 is 11.8 Å². The van der Waals surface area contributed by atoms with E-state index in [4.69, 9.17) is 4.42 Å². The lowest BCUT2D eigenvalue weighted by molar-refractivity contribution is 0.0667. The number of nitrogens with one attached hydrogen (secondary N) is 1. The van der Waals surface area contributed by atoms with Gasteiger partial charge in [0.1, 0.15) is 0 Å². The number of para-hydroxylation sites is 1.